The highest BCUT2D eigenvalue weighted by molar-refractivity contribution is 9.09. The van der Waals surface area contributed by atoms with E-state index in [2.05, 4.69) is 61.0 Å². The average molecular weight is 299 g/mol. The Hall–Kier alpha value is -0.340. The standard InChI is InChI=1S/C15H23BrO/c1-12-5-7-13(8-6-12)14(11-16)9-10-15(2,3)17-4/h5-8,14H,9-11H2,1-4H3. The fourth-order valence-corrected chi connectivity index (χ4v) is 2.49. The molecule has 0 heterocycles. The van der Waals surface area contributed by atoms with Gasteiger partial charge in [-0.2, -0.15) is 0 Å². The summed E-state index contributed by atoms with van der Waals surface area (Å²) < 4.78 is 5.47. The van der Waals surface area contributed by atoms with Crippen molar-refractivity contribution in [2.24, 2.45) is 0 Å². The molecule has 0 saturated heterocycles. The number of ether oxygens (including phenoxy) is 1. The first-order valence-electron chi connectivity index (χ1n) is 6.16. The van der Waals surface area contributed by atoms with Crippen LogP contribution in [0, 0.1) is 6.92 Å². The molecule has 1 atom stereocenters. The molecule has 0 aliphatic rings. The SMILES string of the molecule is COC(C)(C)CCC(CBr)c1ccc(C)cc1. The third kappa shape index (κ3) is 4.81. The van der Waals surface area contributed by atoms with Crippen molar-refractivity contribution in [3.05, 3.63) is 35.4 Å². The second kappa shape index (κ2) is 6.55. The van der Waals surface area contributed by atoms with Crippen LogP contribution in [0.5, 0.6) is 0 Å². The lowest BCUT2D eigenvalue weighted by Crippen LogP contribution is -2.23. The molecule has 1 aromatic carbocycles. The number of halogens is 1. The minimum Gasteiger partial charge on any atom is -0.379 e. The number of rotatable bonds is 6. The molecule has 0 spiro atoms. The van der Waals surface area contributed by atoms with Gasteiger partial charge in [-0.1, -0.05) is 45.8 Å². The third-order valence-corrected chi connectivity index (χ3v) is 4.16. The van der Waals surface area contributed by atoms with Crippen LogP contribution in [0.3, 0.4) is 0 Å². The fraction of sp³-hybridized carbons (Fsp3) is 0.600. The molecule has 1 aromatic rings. The Bertz CT molecular complexity index is 329. The van der Waals surface area contributed by atoms with Crippen LogP contribution < -0.4 is 0 Å². The summed E-state index contributed by atoms with van der Waals surface area (Å²) in [6, 6.07) is 8.85. The van der Waals surface area contributed by atoms with Gasteiger partial charge in [0.2, 0.25) is 0 Å². The monoisotopic (exact) mass is 298 g/mol. The van der Waals surface area contributed by atoms with E-state index in [-0.39, 0.29) is 5.60 Å². The van der Waals surface area contributed by atoms with Crippen LogP contribution in [0.1, 0.15) is 43.7 Å². The maximum Gasteiger partial charge on any atom is 0.0623 e. The maximum atomic E-state index is 5.47. The molecule has 0 saturated carbocycles. The van der Waals surface area contributed by atoms with Crippen LogP contribution in [0.15, 0.2) is 24.3 Å². The highest BCUT2D eigenvalue weighted by Gasteiger charge is 2.19. The van der Waals surface area contributed by atoms with Crippen molar-refractivity contribution in [1.29, 1.82) is 0 Å². The van der Waals surface area contributed by atoms with E-state index in [0.717, 1.165) is 18.2 Å². The third-order valence-electron chi connectivity index (χ3n) is 3.38. The van der Waals surface area contributed by atoms with Crippen LogP contribution in [0.4, 0.5) is 0 Å². The molecular formula is C15H23BrO. The molecule has 0 aromatic heterocycles. The summed E-state index contributed by atoms with van der Waals surface area (Å²) in [5, 5.41) is 1.01. The van der Waals surface area contributed by atoms with Gasteiger partial charge in [-0.15, -0.1) is 0 Å². The van der Waals surface area contributed by atoms with Crippen molar-refractivity contribution >= 4 is 15.9 Å². The van der Waals surface area contributed by atoms with E-state index in [1.165, 1.54) is 11.1 Å². The van der Waals surface area contributed by atoms with Crippen LogP contribution in [0.2, 0.25) is 0 Å². The van der Waals surface area contributed by atoms with E-state index in [9.17, 15) is 0 Å². The van der Waals surface area contributed by atoms with Gasteiger partial charge in [0.05, 0.1) is 5.60 Å². The molecule has 0 N–H and O–H groups in total. The largest absolute Gasteiger partial charge is 0.379 e. The number of hydrogen-bond donors (Lipinski definition) is 0. The van der Waals surface area contributed by atoms with E-state index in [4.69, 9.17) is 4.74 Å². The van der Waals surface area contributed by atoms with Crippen molar-refractivity contribution in [2.75, 3.05) is 12.4 Å². The zero-order chi connectivity index (χ0) is 12.9. The molecule has 96 valence electrons. The van der Waals surface area contributed by atoms with Crippen molar-refractivity contribution in [3.8, 4) is 0 Å². The Kier molecular flexibility index (Phi) is 5.68. The van der Waals surface area contributed by atoms with Crippen LogP contribution in [0.25, 0.3) is 0 Å². The number of methoxy groups -OCH3 is 1. The molecule has 2 heteroatoms. The molecule has 0 bridgehead atoms. The van der Waals surface area contributed by atoms with Crippen LogP contribution in [-0.2, 0) is 4.74 Å². The number of benzene rings is 1. The van der Waals surface area contributed by atoms with Crippen LogP contribution >= 0.6 is 15.9 Å². The Morgan fingerprint density at radius 3 is 2.29 bits per heavy atom. The quantitative estimate of drug-likeness (QED) is 0.693. The lowest BCUT2D eigenvalue weighted by molar-refractivity contribution is 0.0128. The van der Waals surface area contributed by atoms with Gasteiger partial charge in [0.1, 0.15) is 0 Å². The predicted octanol–water partition coefficient (Wildman–Crippen LogP) is 4.68. The summed E-state index contributed by atoms with van der Waals surface area (Å²) in [6.07, 6.45) is 2.22. The lowest BCUT2D eigenvalue weighted by Gasteiger charge is -2.25. The molecular weight excluding hydrogens is 276 g/mol. The van der Waals surface area contributed by atoms with Crippen molar-refractivity contribution in [2.45, 2.75) is 45.1 Å². The number of hydrogen-bond acceptors (Lipinski definition) is 1. The molecule has 1 nitrogen and oxygen atoms in total. The van der Waals surface area contributed by atoms with Crippen molar-refractivity contribution in [1.82, 2.24) is 0 Å². The van der Waals surface area contributed by atoms with E-state index >= 15 is 0 Å². The van der Waals surface area contributed by atoms with Gasteiger partial charge in [-0.05, 0) is 45.1 Å². The molecule has 0 amide bonds. The van der Waals surface area contributed by atoms with E-state index in [1.54, 1.807) is 7.11 Å². The summed E-state index contributed by atoms with van der Waals surface area (Å²) in [5.41, 5.74) is 2.71. The topological polar surface area (TPSA) is 9.23 Å². The fourth-order valence-electron chi connectivity index (χ4n) is 1.80. The summed E-state index contributed by atoms with van der Waals surface area (Å²) in [5.74, 6) is 0.574. The first-order chi connectivity index (χ1) is 7.98. The average Bonchev–Trinajstić information content (AvgIpc) is 2.32. The predicted molar refractivity (Wildman–Crippen MR) is 78.0 cm³/mol. The highest BCUT2D eigenvalue weighted by Crippen LogP contribution is 2.28. The summed E-state index contributed by atoms with van der Waals surface area (Å²) >= 11 is 3.62. The van der Waals surface area contributed by atoms with Crippen molar-refractivity contribution < 1.29 is 4.74 Å². The molecule has 0 aliphatic heterocycles. The molecule has 17 heavy (non-hydrogen) atoms. The molecule has 0 radical (unpaired) electrons. The number of aryl methyl sites for hydroxylation is 1. The summed E-state index contributed by atoms with van der Waals surface area (Å²) in [4.78, 5) is 0. The maximum absolute atomic E-state index is 5.47. The molecule has 0 aliphatic carbocycles. The molecule has 0 fully saturated rings. The summed E-state index contributed by atoms with van der Waals surface area (Å²) in [7, 11) is 1.79. The van der Waals surface area contributed by atoms with Crippen molar-refractivity contribution in [3.63, 3.8) is 0 Å². The zero-order valence-corrected chi connectivity index (χ0v) is 12.9. The minimum atomic E-state index is -0.0227. The second-order valence-corrected chi connectivity index (χ2v) is 5.91. The smallest absolute Gasteiger partial charge is 0.0623 e. The van der Waals surface area contributed by atoms with E-state index in [1.807, 2.05) is 0 Å². The zero-order valence-electron chi connectivity index (χ0n) is 11.3. The summed E-state index contributed by atoms with van der Waals surface area (Å²) in [6.45, 7) is 6.42. The first kappa shape index (κ1) is 14.7. The van der Waals surface area contributed by atoms with Gasteiger partial charge in [0.15, 0.2) is 0 Å². The lowest BCUT2D eigenvalue weighted by atomic mass is 9.90. The van der Waals surface area contributed by atoms with Gasteiger partial charge in [-0.3, -0.25) is 0 Å². The Labute approximate surface area is 114 Å². The Morgan fingerprint density at radius 1 is 1.24 bits per heavy atom. The highest BCUT2D eigenvalue weighted by atomic mass is 79.9. The van der Waals surface area contributed by atoms with Gasteiger partial charge in [0, 0.05) is 12.4 Å². The normalized spacial score (nSPS) is 13.7. The van der Waals surface area contributed by atoms with E-state index < -0.39 is 0 Å². The molecule has 1 unspecified atom stereocenters. The van der Waals surface area contributed by atoms with Gasteiger partial charge >= 0.3 is 0 Å². The Balaban J connectivity index is 2.63. The van der Waals surface area contributed by atoms with Gasteiger partial charge in [-0.25, -0.2) is 0 Å². The second-order valence-electron chi connectivity index (χ2n) is 5.26. The minimum absolute atomic E-state index is 0.0227. The Morgan fingerprint density at radius 2 is 1.82 bits per heavy atom. The van der Waals surface area contributed by atoms with Gasteiger partial charge in [0.25, 0.3) is 0 Å². The van der Waals surface area contributed by atoms with Crippen LogP contribution in [-0.4, -0.2) is 18.0 Å². The van der Waals surface area contributed by atoms with Gasteiger partial charge < -0.3 is 4.74 Å². The van der Waals surface area contributed by atoms with E-state index in [0.29, 0.717) is 5.92 Å². The number of alkyl halides is 1. The molecule has 1 rings (SSSR count). The first-order valence-corrected chi connectivity index (χ1v) is 7.28.